The zero-order valence-electron chi connectivity index (χ0n) is 65.4. The van der Waals surface area contributed by atoms with Crippen LogP contribution in [0.3, 0.4) is 0 Å². The molecule has 0 heterocycles. The van der Waals surface area contributed by atoms with Crippen molar-refractivity contribution in [2.75, 3.05) is 39.6 Å². The summed E-state index contributed by atoms with van der Waals surface area (Å²) in [5.74, 6) is -2.31. The molecule has 104 heavy (non-hydrogen) atoms. The Kier molecular flexibility index (Phi) is 73.3. The van der Waals surface area contributed by atoms with Crippen LogP contribution in [0.5, 0.6) is 0 Å². The van der Waals surface area contributed by atoms with E-state index < -0.39 is 97.5 Å². The smallest absolute Gasteiger partial charge is 0.462 e. The number of esters is 4. The molecule has 5 atom stereocenters. The number of carbonyl (C=O) groups is 4. The second kappa shape index (κ2) is 76.6. The van der Waals surface area contributed by atoms with Gasteiger partial charge >= 0.3 is 39.5 Å². The van der Waals surface area contributed by atoms with Gasteiger partial charge in [-0.15, -0.1) is 0 Å². The molecule has 0 aromatic heterocycles. The second-order valence-corrected chi connectivity index (χ2v) is 29.9. The number of aliphatic hydroxyl groups is 1. The minimum Gasteiger partial charge on any atom is -0.462 e. The van der Waals surface area contributed by atoms with E-state index in [4.69, 9.17) is 37.0 Å². The molecule has 0 aliphatic heterocycles. The molecule has 0 saturated carbocycles. The van der Waals surface area contributed by atoms with Crippen LogP contribution >= 0.6 is 15.6 Å². The van der Waals surface area contributed by atoms with Crippen LogP contribution in [-0.4, -0.2) is 96.7 Å². The van der Waals surface area contributed by atoms with Gasteiger partial charge in [0.1, 0.15) is 19.3 Å². The highest BCUT2D eigenvalue weighted by molar-refractivity contribution is 7.47. The van der Waals surface area contributed by atoms with E-state index in [0.29, 0.717) is 38.5 Å². The lowest BCUT2D eigenvalue weighted by atomic mass is 10.1. The Balaban J connectivity index is 5.47. The fraction of sp³-hybridized carbons (Fsp3) is 0.718. The van der Waals surface area contributed by atoms with Crippen molar-refractivity contribution >= 4 is 39.5 Å². The van der Waals surface area contributed by atoms with E-state index in [1.165, 1.54) is 103 Å². The summed E-state index contributed by atoms with van der Waals surface area (Å²) in [4.78, 5) is 73.0. The molecule has 2 unspecified atom stereocenters. The molecule has 0 amide bonds. The summed E-state index contributed by atoms with van der Waals surface area (Å²) in [6, 6.07) is 0. The van der Waals surface area contributed by atoms with Crippen LogP contribution in [0.1, 0.15) is 336 Å². The van der Waals surface area contributed by atoms with E-state index >= 15 is 0 Å². The zero-order chi connectivity index (χ0) is 76.0. The van der Waals surface area contributed by atoms with Gasteiger partial charge in [0.25, 0.3) is 0 Å². The SMILES string of the molecule is CCCCC/C=C\C/C=C\C/C=C\C/C=C\CCCC(=O)OC[C@H](COP(=O)(O)OC[C@@H](O)COP(=O)(O)OC[C@@H](COC(=O)CCCCCCCCC/C=C\CCCCCC)OC(=O)CCCCCCCCC/C=C\CCCCCC)OC(=O)CCC/C=C\C/C=C\C/C=C\C/C=C\CCCCC. The number of phosphoric ester groups is 2. The van der Waals surface area contributed by atoms with E-state index in [2.05, 4.69) is 125 Å². The number of hydrogen-bond acceptors (Lipinski definition) is 15. The average Bonchev–Trinajstić information content (AvgIpc) is 0.926. The maximum atomic E-state index is 13.1. The number of unbranched alkanes of at least 4 members (excludes halogenated alkanes) is 30. The van der Waals surface area contributed by atoms with Gasteiger partial charge < -0.3 is 33.8 Å². The molecule has 0 bridgehead atoms. The van der Waals surface area contributed by atoms with E-state index in [0.717, 1.165) is 141 Å². The largest absolute Gasteiger partial charge is 0.472 e. The maximum absolute atomic E-state index is 13.1. The van der Waals surface area contributed by atoms with Gasteiger partial charge in [-0.1, -0.05) is 278 Å². The molecule has 0 fully saturated rings. The molecule has 0 aromatic carbocycles. The van der Waals surface area contributed by atoms with Crippen LogP contribution in [-0.2, 0) is 65.4 Å². The molecular weight excluding hydrogens is 1350 g/mol. The normalized spacial score (nSPS) is 14.5. The molecule has 0 rings (SSSR count). The molecule has 0 aromatic rings. The van der Waals surface area contributed by atoms with Crippen LogP contribution in [0.2, 0.25) is 0 Å². The van der Waals surface area contributed by atoms with Crippen LogP contribution in [0.25, 0.3) is 0 Å². The molecule has 17 nitrogen and oxygen atoms in total. The Morgan fingerprint density at radius 3 is 0.798 bits per heavy atom. The van der Waals surface area contributed by atoms with Gasteiger partial charge in [0, 0.05) is 25.7 Å². The summed E-state index contributed by atoms with van der Waals surface area (Å²) in [6.07, 6.45) is 84.7. The number of rotatable bonds is 76. The van der Waals surface area contributed by atoms with Crippen molar-refractivity contribution in [3.05, 3.63) is 122 Å². The topological polar surface area (TPSA) is 237 Å². The number of phosphoric acid groups is 2. The van der Waals surface area contributed by atoms with Gasteiger partial charge in [0.05, 0.1) is 26.4 Å². The predicted octanol–water partition coefficient (Wildman–Crippen LogP) is 23.9. The molecule has 0 spiro atoms. The Labute approximate surface area is 632 Å². The highest BCUT2D eigenvalue weighted by Gasteiger charge is 2.30. The summed E-state index contributed by atoms with van der Waals surface area (Å²) in [5.41, 5.74) is 0. The van der Waals surface area contributed by atoms with Crippen molar-refractivity contribution in [1.82, 2.24) is 0 Å². The molecule has 0 saturated heterocycles. The first-order valence-corrected chi connectivity index (χ1v) is 43.8. The zero-order valence-corrected chi connectivity index (χ0v) is 67.2. The van der Waals surface area contributed by atoms with E-state index in [-0.39, 0.29) is 25.7 Å². The van der Waals surface area contributed by atoms with E-state index in [9.17, 15) is 43.2 Å². The van der Waals surface area contributed by atoms with Crippen LogP contribution in [0.15, 0.2) is 122 Å². The molecule has 0 radical (unpaired) electrons. The van der Waals surface area contributed by atoms with Gasteiger partial charge in [-0.2, -0.15) is 0 Å². The number of hydrogen-bond donors (Lipinski definition) is 3. The van der Waals surface area contributed by atoms with Crippen molar-refractivity contribution < 1.29 is 80.2 Å². The van der Waals surface area contributed by atoms with Crippen LogP contribution in [0, 0.1) is 0 Å². The monoisotopic (exact) mass is 1500 g/mol. The number of allylic oxidation sites excluding steroid dienone is 20. The lowest BCUT2D eigenvalue weighted by Crippen LogP contribution is -2.30. The summed E-state index contributed by atoms with van der Waals surface area (Å²) < 4.78 is 68.5. The first-order valence-electron chi connectivity index (χ1n) is 40.8. The molecule has 3 N–H and O–H groups in total. The molecule has 19 heteroatoms. The lowest BCUT2D eigenvalue weighted by molar-refractivity contribution is -0.161. The Morgan fingerprint density at radius 2 is 0.481 bits per heavy atom. The van der Waals surface area contributed by atoms with E-state index in [1.54, 1.807) is 0 Å². The molecular formula is C85H146O17P2. The highest BCUT2D eigenvalue weighted by Crippen LogP contribution is 2.45. The Bertz CT molecular complexity index is 2440. The predicted molar refractivity (Wildman–Crippen MR) is 427 cm³/mol. The summed E-state index contributed by atoms with van der Waals surface area (Å²) in [7, 11) is -9.99. The Hall–Kier alpha value is -4.54. The van der Waals surface area contributed by atoms with Gasteiger partial charge in [-0.05, 0) is 154 Å². The van der Waals surface area contributed by atoms with Gasteiger partial charge in [-0.25, -0.2) is 9.13 Å². The lowest BCUT2D eigenvalue weighted by Gasteiger charge is -2.21. The third-order valence-corrected chi connectivity index (χ3v) is 18.8. The number of aliphatic hydroxyl groups excluding tert-OH is 1. The standard InChI is InChI=1S/C85H146O17P2/c1-5-9-13-17-21-25-29-33-37-39-43-46-50-54-58-62-66-70-83(88)96-76-81(102-85(90)72-68-64-60-56-52-48-44-40-38-34-30-26-22-18-14-10-6-2)78-100-104(93,94)98-74-79(86)73-97-103(91,92)99-77-80(101-84(89)71-67-63-59-55-51-47-42-36-32-28-24-20-16-12-8-4)75-95-82(87)69-65-61-57-53-49-45-41-35-31-27-23-19-15-11-7-3/h21-22,25-28,31-34,37-38,43-44,46,48,54,56,58,60,79-81,86H,5-20,23-24,29-30,35-36,39-42,45,47,49-53,55,57,59,61-78H2,1-4H3,(H,91,92)(H,93,94)/b25-21-,26-22-,31-27-,32-28-,37-33-,38-34-,46-43-,48-44-,58-54-,60-56-/t79-,80+,81+/m0/s1. The van der Waals surface area contributed by atoms with Crippen molar-refractivity contribution in [3.8, 4) is 0 Å². The van der Waals surface area contributed by atoms with Crippen molar-refractivity contribution in [2.24, 2.45) is 0 Å². The number of carbonyl (C=O) groups excluding carboxylic acids is 4. The second-order valence-electron chi connectivity index (χ2n) is 27.0. The first kappa shape index (κ1) is 99.5. The van der Waals surface area contributed by atoms with E-state index in [1.807, 2.05) is 24.3 Å². The van der Waals surface area contributed by atoms with Gasteiger partial charge in [-0.3, -0.25) is 37.3 Å². The fourth-order valence-corrected chi connectivity index (χ4v) is 12.2. The summed E-state index contributed by atoms with van der Waals surface area (Å²) >= 11 is 0. The quantitative estimate of drug-likeness (QED) is 0.0169. The third kappa shape index (κ3) is 75.7. The highest BCUT2D eigenvalue weighted by atomic mass is 31.2. The fourth-order valence-electron chi connectivity index (χ4n) is 10.6. The van der Waals surface area contributed by atoms with Gasteiger partial charge in [0.2, 0.25) is 0 Å². The Morgan fingerprint density at radius 1 is 0.269 bits per heavy atom. The average molecular weight is 1500 g/mol. The molecule has 598 valence electrons. The summed E-state index contributed by atoms with van der Waals surface area (Å²) in [6.45, 7) is 4.69. The van der Waals surface area contributed by atoms with Crippen LogP contribution in [0.4, 0.5) is 0 Å². The molecule has 0 aliphatic rings. The number of ether oxygens (including phenoxy) is 4. The third-order valence-electron chi connectivity index (χ3n) is 16.9. The minimum atomic E-state index is -5.01. The maximum Gasteiger partial charge on any atom is 0.472 e. The van der Waals surface area contributed by atoms with Crippen molar-refractivity contribution in [3.63, 3.8) is 0 Å². The van der Waals surface area contributed by atoms with Gasteiger partial charge in [0.15, 0.2) is 12.2 Å². The van der Waals surface area contributed by atoms with Crippen molar-refractivity contribution in [2.45, 2.75) is 354 Å². The van der Waals surface area contributed by atoms with Crippen LogP contribution < -0.4 is 0 Å². The first-order chi connectivity index (χ1) is 50.7. The minimum absolute atomic E-state index is 0.00546. The molecule has 0 aliphatic carbocycles. The van der Waals surface area contributed by atoms with Crippen molar-refractivity contribution in [1.29, 1.82) is 0 Å². The summed E-state index contributed by atoms with van der Waals surface area (Å²) in [5, 5.41) is 10.6.